The quantitative estimate of drug-likeness (QED) is 0.894. The number of aliphatic hydroxyl groups is 1. The number of aromatic nitrogens is 2. The molecule has 0 bridgehead atoms. The highest BCUT2D eigenvalue weighted by Crippen LogP contribution is 2.41. The summed E-state index contributed by atoms with van der Waals surface area (Å²) in [6.07, 6.45) is -5.65. The molecule has 0 aromatic carbocycles. The lowest BCUT2D eigenvalue weighted by atomic mass is 10.1. The molecule has 2 atom stereocenters. The molecule has 0 spiro atoms. The van der Waals surface area contributed by atoms with Gasteiger partial charge in [-0.15, -0.1) is 0 Å². The molecule has 1 aliphatic rings. The normalized spacial score (nSPS) is 22.7. The molecule has 10 heteroatoms. The number of rotatable bonds is 3. The molecule has 6 nitrogen and oxygen atoms in total. The summed E-state index contributed by atoms with van der Waals surface area (Å²) in [6, 6.07) is -1.06. The molecule has 0 fully saturated rings. The highest BCUT2D eigenvalue weighted by atomic mass is 35.5. The lowest BCUT2D eigenvalue weighted by Gasteiger charge is -2.34. The maximum Gasteiger partial charge on any atom is 0.438 e. The molecular formula is C14H18ClF3N4O2. The summed E-state index contributed by atoms with van der Waals surface area (Å²) >= 11 is 6.05. The number of halogens is 4. The van der Waals surface area contributed by atoms with E-state index >= 15 is 0 Å². The average Bonchev–Trinajstić information content (AvgIpc) is 2.92. The van der Waals surface area contributed by atoms with Gasteiger partial charge in [0.1, 0.15) is 6.04 Å². The smallest absolute Gasteiger partial charge is 0.362 e. The molecule has 0 saturated carbocycles. The Balaban J connectivity index is 2.46. The van der Waals surface area contributed by atoms with E-state index < -0.39 is 30.3 Å². The first-order valence-corrected chi connectivity index (χ1v) is 7.70. The first-order valence-electron chi connectivity index (χ1n) is 7.32. The minimum absolute atomic E-state index is 0.0180. The molecule has 2 rings (SSSR count). The Hall–Kier alpha value is -1.61. The fourth-order valence-electron chi connectivity index (χ4n) is 2.71. The molecule has 1 aromatic rings. The highest BCUT2D eigenvalue weighted by molar-refractivity contribution is 6.31. The molecular weight excluding hydrogens is 349 g/mol. The second-order valence-electron chi connectivity index (χ2n) is 5.83. The average molecular weight is 367 g/mol. The van der Waals surface area contributed by atoms with Gasteiger partial charge in [0.2, 0.25) is 0 Å². The molecule has 1 aliphatic heterocycles. The van der Waals surface area contributed by atoms with Crippen molar-refractivity contribution in [3.05, 3.63) is 16.4 Å². The predicted octanol–water partition coefficient (Wildman–Crippen LogP) is 2.96. The summed E-state index contributed by atoms with van der Waals surface area (Å²) < 4.78 is 41.1. The Labute approximate surface area is 141 Å². The number of hydrogen-bond acceptors (Lipinski definition) is 4. The van der Waals surface area contributed by atoms with Gasteiger partial charge in [0.05, 0.1) is 16.4 Å². The number of hydrogen-bond donors (Lipinski definition) is 1. The molecule has 24 heavy (non-hydrogen) atoms. The fourth-order valence-corrected chi connectivity index (χ4v) is 2.84. The predicted molar refractivity (Wildman–Crippen MR) is 81.6 cm³/mol. The van der Waals surface area contributed by atoms with Gasteiger partial charge in [-0.05, 0) is 27.2 Å². The van der Waals surface area contributed by atoms with Gasteiger partial charge < -0.3 is 5.11 Å². The number of carbonyl (C=O) groups excluding carboxylic acids is 1. The van der Waals surface area contributed by atoms with Crippen LogP contribution in [0.2, 0.25) is 5.02 Å². The zero-order valence-corrected chi connectivity index (χ0v) is 14.4. The van der Waals surface area contributed by atoms with Crippen LogP contribution in [0.1, 0.15) is 44.1 Å². The fraction of sp³-hybridized carbons (Fsp3) is 0.643. The minimum Gasteiger partial charge on any atom is -0.362 e. The Bertz CT molecular complexity index is 701. The van der Waals surface area contributed by atoms with E-state index in [2.05, 4.69) is 10.2 Å². The molecule has 134 valence electrons. The van der Waals surface area contributed by atoms with Crippen LogP contribution in [-0.4, -0.2) is 43.4 Å². The summed E-state index contributed by atoms with van der Waals surface area (Å²) in [5, 5.41) is 18.3. The van der Waals surface area contributed by atoms with E-state index in [1.807, 2.05) is 0 Å². The largest absolute Gasteiger partial charge is 0.438 e. The van der Waals surface area contributed by atoms with Crippen LogP contribution in [0.15, 0.2) is 5.10 Å². The lowest BCUT2D eigenvalue weighted by molar-refractivity contribution is -0.303. The summed E-state index contributed by atoms with van der Waals surface area (Å²) in [7, 11) is 0. The molecule has 1 amide bonds. The van der Waals surface area contributed by atoms with Gasteiger partial charge in [-0.25, -0.2) is 0 Å². The first kappa shape index (κ1) is 18.7. The first-order chi connectivity index (χ1) is 10.9. The maximum atomic E-state index is 13.3. The Kier molecular flexibility index (Phi) is 4.71. The van der Waals surface area contributed by atoms with E-state index in [1.54, 1.807) is 20.8 Å². The van der Waals surface area contributed by atoms with Crippen molar-refractivity contribution in [1.29, 1.82) is 0 Å². The number of amides is 1. The molecule has 1 aromatic heterocycles. The van der Waals surface area contributed by atoms with Gasteiger partial charge in [0.25, 0.3) is 11.6 Å². The molecule has 0 radical (unpaired) electrons. The van der Waals surface area contributed by atoms with Crippen molar-refractivity contribution in [2.24, 2.45) is 5.10 Å². The van der Waals surface area contributed by atoms with Gasteiger partial charge in [-0.3, -0.25) is 9.48 Å². The molecule has 2 unspecified atom stereocenters. The van der Waals surface area contributed by atoms with Gasteiger partial charge in [-0.1, -0.05) is 18.5 Å². The second kappa shape index (κ2) is 6.03. The van der Waals surface area contributed by atoms with Crippen LogP contribution in [0, 0.1) is 13.8 Å². The van der Waals surface area contributed by atoms with E-state index in [1.165, 1.54) is 11.6 Å². The van der Waals surface area contributed by atoms with Crippen molar-refractivity contribution >= 4 is 23.2 Å². The number of aryl methyl sites for hydroxylation is 1. The standard InChI is InChI=1S/C14H18ClF3N4O2/c1-5-10(21-9(4)11(15)8(3)20-21)12(23)22-13(24,14(16,17)18)6-7(2)19-22/h10,24H,5-6H2,1-4H3. The third kappa shape index (κ3) is 2.79. The van der Waals surface area contributed by atoms with Crippen LogP contribution < -0.4 is 0 Å². The Morgan fingerprint density at radius 3 is 2.42 bits per heavy atom. The van der Waals surface area contributed by atoms with Crippen molar-refractivity contribution in [1.82, 2.24) is 14.8 Å². The van der Waals surface area contributed by atoms with Crippen molar-refractivity contribution in [3.63, 3.8) is 0 Å². The van der Waals surface area contributed by atoms with Crippen LogP contribution in [0.3, 0.4) is 0 Å². The van der Waals surface area contributed by atoms with Crippen LogP contribution in [0.4, 0.5) is 13.2 Å². The zero-order chi connectivity index (χ0) is 18.4. The monoisotopic (exact) mass is 366 g/mol. The number of nitrogens with zero attached hydrogens (tertiary/aromatic N) is 4. The van der Waals surface area contributed by atoms with Crippen molar-refractivity contribution in [2.75, 3.05) is 0 Å². The summed E-state index contributed by atoms with van der Waals surface area (Å²) in [5.41, 5.74) is -2.40. The molecule has 0 aliphatic carbocycles. The number of hydrazone groups is 1. The van der Waals surface area contributed by atoms with Crippen LogP contribution in [0.5, 0.6) is 0 Å². The zero-order valence-electron chi connectivity index (χ0n) is 13.6. The van der Waals surface area contributed by atoms with E-state index in [0.29, 0.717) is 16.4 Å². The number of carbonyl (C=O) groups is 1. The summed E-state index contributed by atoms with van der Waals surface area (Å²) in [4.78, 5) is 12.7. The van der Waals surface area contributed by atoms with Gasteiger partial charge in [0, 0.05) is 12.1 Å². The topological polar surface area (TPSA) is 70.7 Å². The molecule has 2 heterocycles. The van der Waals surface area contributed by atoms with Crippen molar-refractivity contribution in [3.8, 4) is 0 Å². The van der Waals surface area contributed by atoms with Gasteiger partial charge >= 0.3 is 6.18 Å². The highest BCUT2D eigenvalue weighted by Gasteiger charge is 2.63. The third-order valence-electron chi connectivity index (χ3n) is 3.99. The van der Waals surface area contributed by atoms with E-state index in [4.69, 9.17) is 11.6 Å². The van der Waals surface area contributed by atoms with Crippen molar-refractivity contribution in [2.45, 2.75) is 58.5 Å². The van der Waals surface area contributed by atoms with Gasteiger partial charge in [0.15, 0.2) is 0 Å². The van der Waals surface area contributed by atoms with Gasteiger partial charge in [-0.2, -0.15) is 28.4 Å². The SMILES string of the molecule is CCC(C(=O)N1N=C(C)CC1(O)C(F)(F)F)n1nc(C)c(Cl)c1C. The third-order valence-corrected chi connectivity index (χ3v) is 4.54. The second-order valence-corrected chi connectivity index (χ2v) is 6.21. The van der Waals surface area contributed by atoms with Crippen LogP contribution >= 0.6 is 11.6 Å². The summed E-state index contributed by atoms with van der Waals surface area (Å²) in [6.45, 7) is 6.21. The lowest BCUT2D eigenvalue weighted by Crippen LogP contribution is -2.58. The Morgan fingerprint density at radius 1 is 1.42 bits per heavy atom. The van der Waals surface area contributed by atoms with E-state index in [-0.39, 0.29) is 17.1 Å². The van der Waals surface area contributed by atoms with E-state index in [9.17, 15) is 23.1 Å². The number of alkyl halides is 3. The Morgan fingerprint density at radius 2 is 2.00 bits per heavy atom. The van der Waals surface area contributed by atoms with Crippen molar-refractivity contribution < 1.29 is 23.1 Å². The van der Waals surface area contributed by atoms with Crippen LogP contribution in [0.25, 0.3) is 0 Å². The minimum atomic E-state index is -5.03. The summed E-state index contributed by atoms with van der Waals surface area (Å²) in [5.74, 6) is -0.989. The van der Waals surface area contributed by atoms with E-state index in [0.717, 1.165) is 0 Å². The van der Waals surface area contributed by atoms with Crippen LogP contribution in [-0.2, 0) is 4.79 Å². The maximum absolute atomic E-state index is 13.3. The molecule has 1 N–H and O–H groups in total. The molecule has 0 saturated heterocycles.